The summed E-state index contributed by atoms with van der Waals surface area (Å²) in [6, 6.07) is 3.71. The maximum Gasteiger partial charge on any atom is 0.341 e. The molecule has 0 fully saturated rings. The largest absolute Gasteiger partial charge is 0.462 e. The first kappa shape index (κ1) is 15.2. The highest BCUT2D eigenvalue weighted by Crippen LogP contribution is 2.26. The Labute approximate surface area is 123 Å². The first-order valence-electron chi connectivity index (χ1n) is 6.88. The number of aryl methyl sites for hydroxylation is 1. The first-order valence-corrected chi connectivity index (χ1v) is 6.88. The van der Waals surface area contributed by atoms with E-state index in [-0.39, 0.29) is 0 Å². The fourth-order valence-electron chi connectivity index (χ4n) is 1.98. The normalized spacial score (nSPS) is 12.2. The molecule has 0 saturated heterocycles. The van der Waals surface area contributed by atoms with Crippen molar-refractivity contribution in [3.8, 4) is 0 Å². The number of pyridine rings is 2. The maximum absolute atomic E-state index is 12.0. The monoisotopic (exact) mass is 289 g/mol. The molecule has 2 N–H and O–H groups in total. The second-order valence-corrected chi connectivity index (χ2v) is 4.82. The topological polar surface area (TPSA) is 84.3 Å². The average Bonchev–Trinajstić information content (AvgIpc) is 2.44. The van der Waals surface area contributed by atoms with E-state index in [1.807, 2.05) is 19.1 Å². The molecule has 2 rings (SSSR count). The maximum atomic E-state index is 12.0. The number of nitrogens with zero attached hydrogens (tertiary/aromatic N) is 2. The Morgan fingerprint density at radius 2 is 2.24 bits per heavy atom. The zero-order chi connectivity index (χ0) is 15.4. The molecule has 2 aromatic heterocycles. The Balaban J connectivity index is 2.53. The lowest BCUT2D eigenvalue weighted by molar-refractivity contribution is 0.0527. The van der Waals surface area contributed by atoms with Gasteiger partial charge >= 0.3 is 5.97 Å². The van der Waals surface area contributed by atoms with Gasteiger partial charge in [-0.25, -0.2) is 14.8 Å². The minimum absolute atomic E-state index is 0.291. The van der Waals surface area contributed by atoms with Gasteiger partial charge in [0, 0.05) is 23.8 Å². The summed E-state index contributed by atoms with van der Waals surface area (Å²) in [4.78, 5) is 20.6. The molecule has 0 aliphatic heterocycles. The quantitative estimate of drug-likeness (QED) is 0.818. The number of hydrogen-bond donors (Lipinski definition) is 2. The van der Waals surface area contributed by atoms with Crippen molar-refractivity contribution in [3.05, 3.63) is 29.6 Å². The molecule has 0 amide bonds. The molecule has 0 spiro atoms. The van der Waals surface area contributed by atoms with Crippen LogP contribution in [0.3, 0.4) is 0 Å². The van der Waals surface area contributed by atoms with Crippen molar-refractivity contribution in [1.29, 1.82) is 0 Å². The van der Waals surface area contributed by atoms with E-state index in [1.165, 1.54) is 6.20 Å². The molecule has 0 aliphatic rings. The number of hydrogen-bond acceptors (Lipinski definition) is 6. The van der Waals surface area contributed by atoms with Gasteiger partial charge in [0.2, 0.25) is 0 Å². The molecule has 0 bridgehead atoms. The lowest BCUT2D eigenvalue weighted by atomic mass is 10.1. The van der Waals surface area contributed by atoms with Crippen molar-refractivity contribution in [2.75, 3.05) is 18.5 Å². The Hall–Kier alpha value is -2.21. The zero-order valence-electron chi connectivity index (χ0n) is 12.4. The zero-order valence-corrected chi connectivity index (χ0v) is 12.4. The molecule has 6 heteroatoms. The highest BCUT2D eigenvalue weighted by Gasteiger charge is 2.17. The van der Waals surface area contributed by atoms with E-state index in [2.05, 4.69) is 15.3 Å². The van der Waals surface area contributed by atoms with Crippen LogP contribution in [0, 0.1) is 6.92 Å². The molecule has 0 unspecified atom stereocenters. The van der Waals surface area contributed by atoms with Crippen LogP contribution >= 0.6 is 0 Å². The van der Waals surface area contributed by atoms with E-state index in [1.54, 1.807) is 13.8 Å². The van der Waals surface area contributed by atoms with Crippen LogP contribution in [-0.4, -0.2) is 40.3 Å². The number of carbonyl (C=O) groups excluding carboxylic acids is 1. The number of aliphatic hydroxyl groups excluding tert-OH is 1. The molecule has 6 nitrogen and oxygen atoms in total. The average molecular weight is 289 g/mol. The molecule has 21 heavy (non-hydrogen) atoms. The van der Waals surface area contributed by atoms with Crippen LogP contribution in [0.2, 0.25) is 0 Å². The van der Waals surface area contributed by atoms with Crippen LogP contribution in [-0.2, 0) is 4.74 Å². The Kier molecular flexibility index (Phi) is 4.70. The van der Waals surface area contributed by atoms with Gasteiger partial charge in [0.15, 0.2) is 5.65 Å². The molecule has 2 heterocycles. The number of fused-ring (bicyclic) bond motifs is 1. The summed E-state index contributed by atoms with van der Waals surface area (Å²) in [5.74, 6) is -0.444. The minimum Gasteiger partial charge on any atom is -0.462 e. The van der Waals surface area contributed by atoms with Crippen LogP contribution in [0.25, 0.3) is 11.0 Å². The molecule has 0 aromatic carbocycles. The summed E-state index contributed by atoms with van der Waals surface area (Å²) >= 11 is 0. The van der Waals surface area contributed by atoms with Gasteiger partial charge in [-0.1, -0.05) is 0 Å². The van der Waals surface area contributed by atoms with Gasteiger partial charge in [-0.2, -0.15) is 0 Å². The summed E-state index contributed by atoms with van der Waals surface area (Å²) in [6.07, 6.45) is 0.915. The number of aromatic nitrogens is 2. The lowest BCUT2D eigenvalue weighted by Crippen LogP contribution is -2.18. The highest BCUT2D eigenvalue weighted by molar-refractivity contribution is 6.04. The van der Waals surface area contributed by atoms with Gasteiger partial charge in [0.1, 0.15) is 5.56 Å². The summed E-state index contributed by atoms with van der Waals surface area (Å²) in [6.45, 7) is 5.91. The predicted octanol–water partition coefficient (Wildman–Crippen LogP) is 1.91. The lowest BCUT2D eigenvalue weighted by Gasteiger charge is -2.14. The minimum atomic E-state index is -0.540. The SMILES string of the molecule is CCOC(=O)c1cnc2nc(C)ccc2c1NC[C@H](C)O. The second-order valence-electron chi connectivity index (χ2n) is 4.82. The van der Waals surface area contributed by atoms with Crippen LogP contribution in [0.1, 0.15) is 29.9 Å². The third-order valence-electron chi connectivity index (χ3n) is 2.94. The van der Waals surface area contributed by atoms with Crippen molar-refractivity contribution in [1.82, 2.24) is 9.97 Å². The van der Waals surface area contributed by atoms with E-state index < -0.39 is 12.1 Å². The molecular formula is C15H19N3O3. The highest BCUT2D eigenvalue weighted by atomic mass is 16.5. The van der Waals surface area contributed by atoms with Crippen molar-refractivity contribution in [2.45, 2.75) is 26.9 Å². The molecular weight excluding hydrogens is 270 g/mol. The Morgan fingerprint density at radius 1 is 1.48 bits per heavy atom. The van der Waals surface area contributed by atoms with Gasteiger partial charge in [0.25, 0.3) is 0 Å². The number of aliphatic hydroxyl groups is 1. The Morgan fingerprint density at radius 3 is 2.90 bits per heavy atom. The van der Waals surface area contributed by atoms with Gasteiger partial charge in [0.05, 0.1) is 18.4 Å². The number of esters is 1. The van der Waals surface area contributed by atoms with Crippen LogP contribution in [0.15, 0.2) is 18.3 Å². The first-order chi connectivity index (χ1) is 10.0. The fourth-order valence-corrected chi connectivity index (χ4v) is 1.98. The van der Waals surface area contributed by atoms with Gasteiger partial charge in [-0.3, -0.25) is 0 Å². The molecule has 2 aromatic rings. The fraction of sp³-hybridized carbons (Fsp3) is 0.400. The van der Waals surface area contributed by atoms with Crippen molar-refractivity contribution < 1.29 is 14.6 Å². The molecule has 0 saturated carbocycles. The number of rotatable bonds is 5. The standard InChI is InChI=1S/C15H19N3O3/c1-4-21-15(20)12-8-17-14-11(6-5-9(2)18-14)13(12)16-7-10(3)19/h5-6,8,10,19H,4,7H2,1-3H3,(H,16,17,18)/t10-/m0/s1. The van der Waals surface area contributed by atoms with E-state index in [4.69, 9.17) is 4.74 Å². The third-order valence-corrected chi connectivity index (χ3v) is 2.94. The third kappa shape index (κ3) is 3.46. The molecule has 1 atom stereocenters. The molecule has 112 valence electrons. The van der Waals surface area contributed by atoms with Crippen molar-refractivity contribution in [2.24, 2.45) is 0 Å². The Bertz CT molecular complexity index is 656. The number of ether oxygens (including phenoxy) is 1. The molecule has 0 radical (unpaired) electrons. The van der Waals surface area contributed by atoms with E-state index in [9.17, 15) is 9.90 Å². The predicted molar refractivity (Wildman–Crippen MR) is 80.4 cm³/mol. The van der Waals surface area contributed by atoms with Gasteiger partial charge in [-0.15, -0.1) is 0 Å². The van der Waals surface area contributed by atoms with Gasteiger partial charge in [-0.05, 0) is 32.9 Å². The van der Waals surface area contributed by atoms with Crippen LogP contribution < -0.4 is 5.32 Å². The van der Waals surface area contributed by atoms with E-state index >= 15 is 0 Å². The van der Waals surface area contributed by atoms with E-state index in [0.717, 1.165) is 11.1 Å². The second kappa shape index (κ2) is 6.49. The van der Waals surface area contributed by atoms with E-state index in [0.29, 0.717) is 30.0 Å². The number of carbonyl (C=O) groups is 1. The summed E-state index contributed by atoms with van der Waals surface area (Å²) in [5, 5.41) is 13.3. The summed E-state index contributed by atoms with van der Waals surface area (Å²) < 4.78 is 5.05. The van der Waals surface area contributed by atoms with Crippen LogP contribution in [0.5, 0.6) is 0 Å². The molecule has 0 aliphatic carbocycles. The number of nitrogens with one attached hydrogen (secondary N) is 1. The van der Waals surface area contributed by atoms with Crippen molar-refractivity contribution in [3.63, 3.8) is 0 Å². The van der Waals surface area contributed by atoms with Gasteiger partial charge < -0.3 is 15.2 Å². The summed E-state index contributed by atoms with van der Waals surface area (Å²) in [5.41, 5.74) is 2.33. The van der Waals surface area contributed by atoms with Crippen LogP contribution in [0.4, 0.5) is 5.69 Å². The summed E-state index contributed by atoms with van der Waals surface area (Å²) in [7, 11) is 0. The van der Waals surface area contributed by atoms with Crippen molar-refractivity contribution >= 4 is 22.7 Å². The smallest absolute Gasteiger partial charge is 0.341 e. The number of anilines is 1.